The number of alkyl halides is 1. The number of carbonyl (C=O) groups is 1. The van der Waals surface area contributed by atoms with Crippen molar-refractivity contribution in [3.05, 3.63) is 0 Å². The number of carbonyl (C=O) groups excluding carboxylic acids is 1. The lowest BCUT2D eigenvalue weighted by Gasteiger charge is -2.14. The number of nitrogens with one attached hydrogen (secondary N) is 1. The maximum atomic E-state index is 11.1. The van der Waals surface area contributed by atoms with E-state index < -0.39 is 5.38 Å². The molecule has 0 aromatic carbocycles. The molecule has 0 saturated heterocycles. The zero-order valence-electron chi connectivity index (χ0n) is 7.43. The Hall–Kier alpha value is -0.680. The van der Waals surface area contributed by atoms with Gasteiger partial charge in [-0.3, -0.25) is 4.79 Å². The largest absolute Gasteiger partial charge is 0.351 e. The van der Waals surface area contributed by atoms with Gasteiger partial charge in [0, 0.05) is 12.5 Å². The van der Waals surface area contributed by atoms with Crippen molar-refractivity contribution in [2.75, 3.05) is 0 Å². The molecule has 0 spiro atoms. The molecular formula is C9H14ClNO. The van der Waals surface area contributed by atoms with Gasteiger partial charge in [0.1, 0.15) is 5.38 Å². The van der Waals surface area contributed by atoms with Crippen molar-refractivity contribution in [3.8, 4) is 12.3 Å². The molecule has 0 heterocycles. The molecule has 3 heteroatoms. The van der Waals surface area contributed by atoms with E-state index in [0.717, 1.165) is 6.42 Å². The topological polar surface area (TPSA) is 29.1 Å². The van der Waals surface area contributed by atoms with Crippen LogP contribution in [0.25, 0.3) is 0 Å². The molecule has 0 rings (SSSR count). The van der Waals surface area contributed by atoms with Crippen LogP contribution in [0.5, 0.6) is 0 Å². The lowest BCUT2D eigenvalue weighted by Crippen LogP contribution is -2.38. The number of rotatable bonds is 4. The van der Waals surface area contributed by atoms with Gasteiger partial charge in [0.05, 0.1) is 0 Å². The minimum absolute atomic E-state index is 0.0590. The van der Waals surface area contributed by atoms with Gasteiger partial charge in [-0.1, -0.05) is 6.92 Å². The van der Waals surface area contributed by atoms with Crippen LogP contribution in [-0.4, -0.2) is 17.3 Å². The maximum absolute atomic E-state index is 11.1. The third kappa shape index (κ3) is 4.25. The second-order valence-corrected chi connectivity index (χ2v) is 3.29. The Balaban J connectivity index is 3.87. The second kappa shape index (κ2) is 5.91. The highest BCUT2D eigenvalue weighted by molar-refractivity contribution is 6.30. The van der Waals surface area contributed by atoms with E-state index >= 15 is 0 Å². The van der Waals surface area contributed by atoms with E-state index in [4.69, 9.17) is 18.0 Å². The van der Waals surface area contributed by atoms with E-state index in [-0.39, 0.29) is 11.9 Å². The molecule has 0 bridgehead atoms. The normalized spacial score (nSPS) is 14.5. The maximum Gasteiger partial charge on any atom is 0.238 e. The highest BCUT2D eigenvalue weighted by Gasteiger charge is 2.12. The van der Waals surface area contributed by atoms with Gasteiger partial charge in [-0.2, -0.15) is 0 Å². The van der Waals surface area contributed by atoms with E-state index in [2.05, 4.69) is 11.2 Å². The first-order valence-corrected chi connectivity index (χ1v) is 4.43. The lowest BCUT2D eigenvalue weighted by molar-refractivity contribution is -0.121. The molecule has 2 atom stereocenters. The van der Waals surface area contributed by atoms with Gasteiger partial charge in [0.25, 0.3) is 0 Å². The van der Waals surface area contributed by atoms with Crippen molar-refractivity contribution >= 4 is 17.5 Å². The summed E-state index contributed by atoms with van der Waals surface area (Å²) in [7, 11) is 0. The van der Waals surface area contributed by atoms with Crippen LogP contribution >= 0.6 is 11.6 Å². The minimum Gasteiger partial charge on any atom is -0.351 e. The highest BCUT2D eigenvalue weighted by Crippen LogP contribution is 1.99. The molecule has 68 valence electrons. The van der Waals surface area contributed by atoms with Crippen LogP contribution in [0.2, 0.25) is 0 Å². The van der Waals surface area contributed by atoms with Crippen molar-refractivity contribution in [3.63, 3.8) is 0 Å². The predicted molar refractivity (Wildman–Crippen MR) is 51.0 cm³/mol. The van der Waals surface area contributed by atoms with Crippen LogP contribution in [0.4, 0.5) is 0 Å². The molecule has 1 amide bonds. The number of terminal acetylenes is 1. The first-order chi connectivity index (χ1) is 5.61. The first-order valence-electron chi connectivity index (χ1n) is 3.99. The highest BCUT2D eigenvalue weighted by atomic mass is 35.5. The van der Waals surface area contributed by atoms with Crippen LogP contribution in [0.3, 0.4) is 0 Å². The van der Waals surface area contributed by atoms with Crippen LogP contribution in [-0.2, 0) is 4.79 Å². The van der Waals surface area contributed by atoms with Gasteiger partial charge >= 0.3 is 0 Å². The van der Waals surface area contributed by atoms with Crippen molar-refractivity contribution in [1.82, 2.24) is 5.32 Å². The van der Waals surface area contributed by atoms with Gasteiger partial charge < -0.3 is 5.32 Å². The fourth-order valence-electron chi connectivity index (χ4n) is 0.756. The molecule has 0 aliphatic heterocycles. The summed E-state index contributed by atoms with van der Waals surface area (Å²) in [6.07, 6.45) is 6.52. The number of hydrogen-bond acceptors (Lipinski definition) is 1. The van der Waals surface area contributed by atoms with Gasteiger partial charge in [-0.25, -0.2) is 0 Å². The average Bonchev–Trinajstić information content (AvgIpc) is 2.03. The van der Waals surface area contributed by atoms with Crippen LogP contribution in [0.1, 0.15) is 26.7 Å². The fraction of sp³-hybridized carbons (Fsp3) is 0.667. The van der Waals surface area contributed by atoms with E-state index in [1.165, 1.54) is 0 Å². The Morgan fingerprint density at radius 2 is 2.33 bits per heavy atom. The molecule has 1 N–H and O–H groups in total. The summed E-state index contributed by atoms with van der Waals surface area (Å²) in [5, 5.41) is 2.26. The van der Waals surface area contributed by atoms with Crippen LogP contribution in [0.15, 0.2) is 0 Å². The van der Waals surface area contributed by atoms with Gasteiger partial charge in [0.2, 0.25) is 5.91 Å². The summed E-state index contributed by atoms with van der Waals surface area (Å²) in [4.78, 5) is 11.1. The summed E-state index contributed by atoms with van der Waals surface area (Å²) in [6.45, 7) is 3.61. The van der Waals surface area contributed by atoms with Gasteiger partial charge in [0.15, 0.2) is 0 Å². The SMILES string of the molecule is C#CCC(CC)NC(=O)C(C)Cl. The molecule has 0 aromatic heterocycles. The molecule has 0 fully saturated rings. The zero-order valence-corrected chi connectivity index (χ0v) is 8.19. The molecule has 0 aliphatic carbocycles. The first kappa shape index (κ1) is 11.3. The Kier molecular flexibility index (Phi) is 5.57. The zero-order chi connectivity index (χ0) is 9.56. The summed E-state index contributed by atoms with van der Waals surface area (Å²) < 4.78 is 0. The van der Waals surface area contributed by atoms with E-state index in [1.54, 1.807) is 6.92 Å². The number of amides is 1. The summed E-state index contributed by atoms with van der Waals surface area (Å²) in [5.74, 6) is 2.35. The van der Waals surface area contributed by atoms with Gasteiger partial charge in [-0.05, 0) is 13.3 Å². The number of hydrogen-bond donors (Lipinski definition) is 1. The summed E-state index contributed by atoms with van der Waals surface area (Å²) in [5.41, 5.74) is 0. The Morgan fingerprint density at radius 3 is 2.67 bits per heavy atom. The molecule has 2 unspecified atom stereocenters. The van der Waals surface area contributed by atoms with E-state index in [1.807, 2.05) is 6.92 Å². The third-order valence-electron chi connectivity index (χ3n) is 1.56. The Morgan fingerprint density at radius 1 is 1.75 bits per heavy atom. The molecule has 0 radical (unpaired) electrons. The third-order valence-corrected chi connectivity index (χ3v) is 1.76. The number of halogens is 1. The van der Waals surface area contributed by atoms with Crippen LogP contribution in [0, 0.1) is 12.3 Å². The van der Waals surface area contributed by atoms with Gasteiger partial charge in [-0.15, -0.1) is 23.9 Å². The predicted octanol–water partition coefficient (Wildman–Crippen LogP) is 1.53. The monoisotopic (exact) mass is 187 g/mol. The lowest BCUT2D eigenvalue weighted by atomic mass is 10.1. The molecular weight excluding hydrogens is 174 g/mol. The minimum atomic E-state index is -0.489. The fourth-order valence-corrected chi connectivity index (χ4v) is 0.819. The molecule has 12 heavy (non-hydrogen) atoms. The van der Waals surface area contributed by atoms with E-state index in [0.29, 0.717) is 6.42 Å². The Labute approximate surface area is 78.7 Å². The van der Waals surface area contributed by atoms with Crippen molar-refractivity contribution in [1.29, 1.82) is 0 Å². The van der Waals surface area contributed by atoms with Crippen molar-refractivity contribution in [2.24, 2.45) is 0 Å². The quantitative estimate of drug-likeness (QED) is 0.525. The van der Waals surface area contributed by atoms with Crippen molar-refractivity contribution < 1.29 is 4.79 Å². The molecule has 2 nitrogen and oxygen atoms in total. The summed E-state index contributed by atoms with van der Waals surface area (Å²) in [6, 6.07) is 0.0590. The molecule has 0 aliphatic rings. The van der Waals surface area contributed by atoms with E-state index in [9.17, 15) is 4.79 Å². The Bertz CT molecular complexity index is 183. The second-order valence-electron chi connectivity index (χ2n) is 2.64. The van der Waals surface area contributed by atoms with Crippen LogP contribution < -0.4 is 5.32 Å². The smallest absolute Gasteiger partial charge is 0.238 e. The average molecular weight is 188 g/mol. The molecule has 0 aromatic rings. The molecule has 0 saturated carbocycles. The van der Waals surface area contributed by atoms with Crippen molar-refractivity contribution in [2.45, 2.75) is 38.1 Å². The standard InChI is InChI=1S/C9H14ClNO/c1-4-6-8(5-2)11-9(12)7(3)10/h1,7-8H,5-6H2,2-3H3,(H,11,12). The summed E-state index contributed by atoms with van der Waals surface area (Å²) >= 11 is 5.57.